The van der Waals surface area contributed by atoms with Gasteiger partial charge >= 0.3 is 5.97 Å². The number of hydrogen-bond acceptors (Lipinski definition) is 2. The fourth-order valence-corrected chi connectivity index (χ4v) is 1.63. The number of H-pyrrole nitrogens is 1. The highest BCUT2D eigenvalue weighted by atomic mass is 127. The van der Waals surface area contributed by atoms with E-state index in [1.807, 2.05) is 13.8 Å². The molecule has 0 unspecified atom stereocenters. The second kappa shape index (κ2) is 3.47. The van der Waals surface area contributed by atoms with E-state index in [4.69, 9.17) is 0 Å². The summed E-state index contributed by atoms with van der Waals surface area (Å²) in [6, 6.07) is 0. The number of hydrogen-bond donors (Lipinski definition) is 1. The maximum Gasteiger partial charge on any atom is 0.354 e. The number of aromatic nitrogens is 1. The minimum atomic E-state index is -0.307. The van der Waals surface area contributed by atoms with Crippen LogP contribution in [0, 0.1) is 17.5 Å². The van der Waals surface area contributed by atoms with Crippen LogP contribution in [0.1, 0.15) is 21.6 Å². The maximum absolute atomic E-state index is 11.1. The molecule has 3 nitrogen and oxygen atoms in total. The molecule has 0 aliphatic carbocycles. The molecule has 1 rings (SSSR count). The summed E-state index contributed by atoms with van der Waals surface area (Å²) in [5.41, 5.74) is 2.63. The molecule has 0 amide bonds. The molecule has 12 heavy (non-hydrogen) atoms. The van der Waals surface area contributed by atoms with Crippen molar-refractivity contribution in [1.82, 2.24) is 4.98 Å². The average Bonchev–Trinajstić information content (AvgIpc) is 2.32. The molecule has 0 saturated carbocycles. The third-order valence-electron chi connectivity index (χ3n) is 1.89. The largest absolute Gasteiger partial charge is 0.464 e. The van der Waals surface area contributed by atoms with Crippen LogP contribution in [-0.4, -0.2) is 18.1 Å². The highest BCUT2D eigenvalue weighted by Crippen LogP contribution is 2.18. The number of methoxy groups -OCH3 is 1. The molecule has 0 fully saturated rings. The molecule has 0 spiro atoms. The van der Waals surface area contributed by atoms with Gasteiger partial charge in [-0.3, -0.25) is 0 Å². The molecule has 0 bridgehead atoms. The minimum absolute atomic E-state index is 0.307. The van der Waals surface area contributed by atoms with Crippen molar-refractivity contribution in [2.24, 2.45) is 0 Å². The van der Waals surface area contributed by atoms with Gasteiger partial charge in [0.1, 0.15) is 5.69 Å². The first-order chi connectivity index (χ1) is 5.57. The molecule has 0 saturated heterocycles. The molecule has 0 radical (unpaired) electrons. The fourth-order valence-electron chi connectivity index (χ4n) is 0.956. The van der Waals surface area contributed by atoms with E-state index in [-0.39, 0.29) is 5.97 Å². The highest BCUT2D eigenvalue weighted by molar-refractivity contribution is 14.1. The van der Waals surface area contributed by atoms with Gasteiger partial charge in [-0.25, -0.2) is 4.79 Å². The third-order valence-corrected chi connectivity index (χ3v) is 2.97. The molecule has 0 aliphatic heterocycles. The van der Waals surface area contributed by atoms with Crippen LogP contribution in [0.25, 0.3) is 0 Å². The van der Waals surface area contributed by atoms with E-state index < -0.39 is 0 Å². The van der Waals surface area contributed by atoms with Crippen LogP contribution in [-0.2, 0) is 4.74 Å². The normalized spacial score (nSPS) is 10.0. The number of rotatable bonds is 1. The summed E-state index contributed by atoms with van der Waals surface area (Å²) in [4.78, 5) is 14.1. The second-order valence-corrected chi connectivity index (χ2v) is 3.63. The number of ether oxygens (including phenoxy) is 1. The van der Waals surface area contributed by atoms with Crippen LogP contribution in [0.15, 0.2) is 0 Å². The molecular formula is C8H10INO2. The standard InChI is InChI=1S/C8H10INO2/c1-4-5(2)7(9)10-6(4)8(11)12-3/h10H,1-3H3. The van der Waals surface area contributed by atoms with Crippen LogP contribution in [0.4, 0.5) is 0 Å². The van der Waals surface area contributed by atoms with Crippen molar-refractivity contribution in [1.29, 1.82) is 0 Å². The van der Waals surface area contributed by atoms with Gasteiger partial charge in [0.2, 0.25) is 0 Å². The van der Waals surface area contributed by atoms with Gasteiger partial charge in [0.25, 0.3) is 0 Å². The summed E-state index contributed by atoms with van der Waals surface area (Å²) in [5.74, 6) is -0.307. The van der Waals surface area contributed by atoms with Gasteiger partial charge in [0, 0.05) is 0 Å². The molecule has 0 atom stereocenters. The highest BCUT2D eigenvalue weighted by Gasteiger charge is 2.15. The van der Waals surface area contributed by atoms with Crippen molar-refractivity contribution < 1.29 is 9.53 Å². The SMILES string of the molecule is COC(=O)c1[nH]c(I)c(C)c1C. The lowest BCUT2D eigenvalue weighted by molar-refractivity contribution is 0.0594. The van der Waals surface area contributed by atoms with Gasteiger partial charge in [-0.2, -0.15) is 0 Å². The summed E-state index contributed by atoms with van der Waals surface area (Å²) < 4.78 is 5.60. The van der Waals surface area contributed by atoms with Crippen LogP contribution < -0.4 is 0 Å². The predicted molar refractivity (Wildman–Crippen MR) is 54.3 cm³/mol. The third kappa shape index (κ3) is 1.48. The number of nitrogens with one attached hydrogen (secondary N) is 1. The molecule has 0 aliphatic rings. The van der Waals surface area contributed by atoms with E-state index >= 15 is 0 Å². The van der Waals surface area contributed by atoms with Crippen molar-refractivity contribution in [2.45, 2.75) is 13.8 Å². The molecular weight excluding hydrogens is 269 g/mol. The Balaban J connectivity index is 3.17. The lowest BCUT2D eigenvalue weighted by Gasteiger charge is -1.96. The van der Waals surface area contributed by atoms with Crippen molar-refractivity contribution in [3.05, 3.63) is 20.5 Å². The van der Waals surface area contributed by atoms with Gasteiger partial charge in [-0.15, -0.1) is 0 Å². The van der Waals surface area contributed by atoms with Crippen LogP contribution in [0.2, 0.25) is 0 Å². The zero-order valence-electron chi connectivity index (χ0n) is 7.19. The molecule has 0 aromatic carbocycles. The van der Waals surface area contributed by atoms with Gasteiger partial charge in [0.15, 0.2) is 0 Å². The Bertz CT molecular complexity index is 317. The second-order valence-electron chi connectivity index (χ2n) is 2.56. The maximum atomic E-state index is 11.1. The van der Waals surface area contributed by atoms with Crippen molar-refractivity contribution in [3.8, 4) is 0 Å². The topological polar surface area (TPSA) is 42.1 Å². The summed E-state index contributed by atoms with van der Waals surface area (Å²) >= 11 is 2.16. The Labute approximate surface area is 84.6 Å². The Morgan fingerprint density at radius 3 is 2.33 bits per heavy atom. The molecule has 1 aromatic heterocycles. The summed E-state index contributed by atoms with van der Waals surface area (Å²) in [6.07, 6.45) is 0. The van der Waals surface area contributed by atoms with Crippen LogP contribution >= 0.6 is 22.6 Å². The molecule has 1 aromatic rings. The lowest BCUT2D eigenvalue weighted by Crippen LogP contribution is -2.03. The average molecular weight is 279 g/mol. The lowest BCUT2D eigenvalue weighted by atomic mass is 10.2. The fraction of sp³-hybridized carbons (Fsp3) is 0.375. The van der Waals surface area contributed by atoms with Crippen molar-refractivity contribution in [3.63, 3.8) is 0 Å². The van der Waals surface area contributed by atoms with E-state index in [1.165, 1.54) is 7.11 Å². The van der Waals surface area contributed by atoms with Crippen molar-refractivity contribution in [2.75, 3.05) is 7.11 Å². The summed E-state index contributed by atoms with van der Waals surface area (Å²) in [7, 11) is 1.38. The van der Waals surface area contributed by atoms with Gasteiger partial charge < -0.3 is 9.72 Å². The smallest absolute Gasteiger partial charge is 0.354 e. The number of aromatic amines is 1. The number of carbonyl (C=O) groups excluding carboxylic acids is 1. The molecule has 1 N–H and O–H groups in total. The van der Waals surface area contributed by atoms with E-state index in [1.54, 1.807) is 0 Å². The first-order valence-electron chi connectivity index (χ1n) is 3.51. The van der Waals surface area contributed by atoms with Gasteiger partial charge in [-0.1, -0.05) is 0 Å². The summed E-state index contributed by atoms with van der Waals surface area (Å²) in [5, 5.41) is 0. The van der Waals surface area contributed by atoms with Gasteiger partial charge in [0.05, 0.1) is 10.8 Å². The van der Waals surface area contributed by atoms with Crippen LogP contribution in [0.5, 0.6) is 0 Å². The Morgan fingerprint density at radius 1 is 1.42 bits per heavy atom. The first-order valence-corrected chi connectivity index (χ1v) is 4.58. The molecule has 66 valence electrons. The van der Waals surface area contributed by atoms with Crippen LogP contribution in [0.3, 0.4) is 0 Å². The number of halogens is 1. The summed E-state index contributed by atoms with van der Waals surface area (Å²) in [6.45, 7) is 3.88. The quantitative estimate of drug-likeness (QED) is 0.631. The number of carbonyl (C=O) groups is 1. The molecule has 4 heteroatoms. The first kappa shape index (κ1) is 9.57. The van der Waals surface area contributed by atoms with E-state index in [2.05, 4.69) is 32.3 Å². The zero-order chi connectivity index (χ0) is 9.30. The number of esters is 1. The zero-order valence-corrected chi connectivity index (χ0v) is 9.35. The van der Waals surface area contributed by atoms with E-state index in [0.717, 1.165) is 14.8 Å². The Kier molecular flexibility index (Phi) is 2.76. The van der Waals surface area contributed by atoms with Crippen molar-refractivity contribution >= 4 is 28.6 Å². The monoisotopic (exact) mass is 279 g/mol. The minimum Gasteiger partial charge on any atom is -0.464 e. The molecule has 1 heterocycles. The van der Waals surface area contributed by atoms with Gasteiger partial charge in [-0.05, 0) is 47.6 Å². The Hall–Kier alpha value is -0.520. The van der Waals surface area contributed by atoms with E-state index in [0.29, 0.717) is 5.69 Å². The Morgan fingerprint density at radius 2 is 2.00 bits per heavy atom. The van der Waals surface area contributed by atoms with E-state index in [9.17, 15) is 4.79 Å². The predicted octanol–water partition coefficient (Wildman–Crippen LogP) is 2.02.